The Labute approximate surface area is 446 Å². The Morgan fingerprint density at radius 3 is 1.13 bits per heavy atom. The van der Waals surface area contributed by atoms with E-state index in [4.69, 9.17) is 0 Å². The number of rotatable bonds is 5. The minimum atomic E-state index is -0.108. The third kappa shape index (κ3) is 6.05. The molecule has 5 aliphatic heterocycles. The zero-order chi connectivity index (χ0) is 50.3. The Balaban J connectivity index is 1.08. The van der Waals surface area contributed by atoms with Gasteiger partial charge in [-0.1, -0.05) is 192 Å². The Morgan fingerprint density at radius 1 is 0.250 bits per heavy atom. The van der Waals surface area contributed by atoms with Crippen molar-refractivity contribution in [2.24, 2.45) is 0 Å². The van der Waals surface area contributed by atoms with Gasteiger partial charge in [0.15, 0.2) is 0 Å². The Bertz CT molecular complexity index is 4180. The summed E-state index contributed by atoms with van der Waals surface area (Å²) >= 11 is 0. The summed E-state index contributed by atoms with van der Waals surface area (Å²) in [6.07, 6.45) is 0. The van der Waals surface area contributed by atoms with E-state index in [1.165, 1.54) is 128 Å². The molecule has 0 aliphatic carbocycles. The van der Waals surface area contributed by atoms with Crippen molar-refractivity contribution in [3.63, 3.8) is 0 Å². The van der Waals surface area contributed by atoms with Gasteiger partial charge >= 0.3 is 0 Å². The number of aryl methyl sites for hydroxylation is 3. The number of benzene rings is 11. The first-order valence-electron chi connectivity index (χ1n) is 26.8. The van der Waals surface area contributed by atoms with E-state index in [2.05, 4.69) is 283 Å². The lowest BCUT2D eigenvalue weighted by Gasteiger charge is -2.51. The molecule has 0 bridgehead atoms. The smallest absolute Gasteiger partial charge is 0.252 e. The summed E-state index contributed by atoms with van der Waals surface area (Å²) in [6.45, 7) is 6.75. The molecule has 11 aromatic rings. The van der Waals surface area contributed by atoms with Gasteiger partial charge in [0.1, 0.15) is 0 Å². The highest BCUT2D eigenvalue weighted by atomic mass is 15.2. The molecule has 0 amide bonds. The normalized spacial score (nSPS) is 13.8. The van der Waals surface area contributed by atoms with Crippen LogP contribution in [0.3, 0.4) is 0 Å². The molecule has 11 aromatic carbocycles. The number of anilines is 12. The molecule has 0 fully saturated rings. The van der Waals surface area contributed by atoms with E-state index in [0.29, 0.717) is 0 Å². The standard InChI is InChI=1S/C69H49B3N4/c1-44-38-45(2)66(46(3)39-44)71-53-31-17-19-33-58(53)73(49-24-10-5-11-25-49)62-42-63-57(41-56(62)71)72-55-37-36-48(47-22-8-4-9-23-47)40-61(55)76-60-35-21-18-32-54(60)70-52-30-16-20-34-59(52)74(50-26-12-6-13-27-50)64-43-65(68(72)69(76)67(64)70)75(63)51-28-14-7-15-29-51/h4-43H,1-3H3. The maximum Gasteiger partial charge on any atom is 0.252 e. The van der Waals surface area contributed by atoms with E-state index in [9.17, 15) is 0 Å². The van der Waals surface area contributed by atoms with Gasteiger partial charge in [0, 0.05) is 68.2 Å². The molecule has 0 radical (unpaired) electrons. The van der Waals surface area contributed by atoms with Crippen LogP contribution in [-0.4, -0.2) is 20.1 Å². The summed E-state index contributed by atoms with van der Waals surface area (Å²) < 4.78 is 0. The summed E-state index contributed by atoms with van der Waals surface area (Å²) in [5.41, 5.74) is 32.7. The average Bonchev–Trinajstić information content (AvgIpc) is 3.59. The molecule has 7 heteroatoms. The Morgan fingerprint density at radius 2 is 0.618 bits per heavy atom. The summed E-state index contributed by atoms with van der Waals surface area (Å²) in [6, 6.07) is 91.5. The zero-order valence-electron chi connectivity index (χ0n) is 42.6. The van der Waals surface area contributed by atoms with E-state index in [0.717, 1.165) is 17.1 Å². The lowest BCUT2D eigenvalue weighted by Crippen LogP contribution is -2.69. The topological polar surface area (TPSA) is 13.0 Å². The van der Waals surface area contributed by atoms with E-state index >= 15 is 0 Å². The summed E-state index contributed by atoms with van der Waals surface area (Å²) in [4.78, 5) is 10.4. The highest BCUT2D eigenvalue weighted by molar-refractivity contribution is 7.05. The van der Waals surface area contributed by atoms with Gasteiger partial charge in [-0.2, -0.15) is 0 Å². The summed E-state index contributed by atoms with van der Waals surface area (Å²) in [7, 11) is 0. The largest absolute Gasteiger partial charge is 0.312 e. The van der Waals surface area contributed by atoms with Crippen LogP contribution in [0, 0.1) is 20.8 Å². The first-order chi connectivity index (χ1) is 37.5. The van der Waals surface area contributed by atoms with Crippen LogP contribution in [-0.2, 0) is 0 Å². The van der Waals surface area contributed by atoms with Crippen molar-refractivity contribution in [2.45, 2.75) is 20.8 Å². The second-order valence-corrected chi connectivity index (χ2v) is 21.3. The first kappa shape index (κ1) is 43.2. The van der Waals surface area contributed by atoms with Crippen LogP contribution in [0.4, 0.5) is 68.2 Å². The van der Waals surface area contributed by atoms with Crippen LogP contribution in [0.2, 0.25) is 0 Å². The predicted molar refractivity (Wildman–Crippen MR) is 325 cm³/mol. The highest BCUT2D eigenvalue weighted by Crippen LogP contribution is 2.51. The third-order valence-electron chi connectivity index (χ3n) is 17.1. The van der Waals surface area contributed by atoms with Crippen molar-refractivity contribution in [2.75, 3.05) is 19.6 Å². The summed E-state index contributed by atoms with van der Waals surface area (Å²) in [5.74, 6) is 0. The van der Waals surface area contributed by atoms with E-state index in [1.807, 2.05) is 0 Å². The van der Waals surface area contributed by atoms with Gasteiger partial charge in [-0.05, 0) is 148 Å². The van der Waals surface area contributed by atoms with Crippen LogP contribution in [0.5, 0.6) is 0 Å². The van der Waals surface area contributed by atoms with Gasteiger partial charge in [0.2, 0.25) is 6.71 Å². The highest BCUT2D eigenvalue weighted by Gasteiger charge is 2.52. The molecule has 4 nitrogen and oxygen atoms in total. The third-order valence-corrected chi connectivity index (χ3v) is 17.1. The molecule has 76 heavy (non-hydrogen) atoms. The predicted octanol–water partition coefficient (Wildman–Crippen LogP) is 11.3. The minimum absolute atomic E-state index is 0.00123. The number of fused-ring (bicyclic) bond motifs is 12. The van der Waals surface area contributed by atoms with Gasteiger partial charge in [-0.25, -0.2) is 0 Å². The quantitative estimate of drug-likeness (QED) is 0.159. The molecule has 0 unspecified atom stereocenters. The van der Waals surface area contributed by atoms with Crippen molar-refractivity contribution in [1.29, 1.82) is 0 Å². The number of para-hydroxylation sites is 6. The van der Waals surface area contributed by atoms with E-state index in [1.54, 1.807) is 0 Å². The number of hydrogen-bond donors (Lipinski definition) is 0. The van der Waals surface area contributed by atoms with Crippen LogP contribution in [0.1, 0.15) is 16.7 Å². The van der Waals surface area contributed by atoms with E-state index in [-0.39, 0.29) is 20.1 Å². The molecule has 0 saturated heterocycles. The van der Waals surface area contributed by atoms with Crippen molar-refractivity contribution < 1.29 is 0 Å². The SMILES string of the molecule is Cc1cc(C)c(B2c3ccccc3N(c3ccccc3)c3cc4c(cc32)B2c3ccc(-c5ccccc5)cc3N3c5ccccc5B5c6ccccc6N(c6ccccc6)c6cc(c2c3c65)N4c2ccccc2)c(C)c1. The van der Waals surface area contributed by atoms with Crippen LogP contribution in [0.25, 0.3) is 11.1 Å². The fraction of sp³-hybridized carbons (Fsp3) is 0.0435. The van der Waals surface area contributed by atoms with E-state index < -0.39 is 0 Å². The van der Waals surface area contributed by atoms with Crippen molar-refractivity contribution in [3.05, 3.63) is 259 Å². The second kappa shape index (κ2) is 16.4. The molecule has 0 saturated carbocycles. The van der Waals surface area contributed by atoms with Crippen LogP contribution < -0.4 is 68.8 Å². The van der Waals surface area contributed by atoms with Gasteiger partial charge in [-0.3, -0.25) is 0 Å². The minimum Gasteiger partial charge on any atom is -0.312 e. The molecule has 0 spiro atoms. The molecule has 354 valence electrons. The molecular weight excluding hydrogens is 917 g/mol. The molecular formula is C69H49B3N4. The fourth-order valence-electron chi connectivity index (χ4n) is 14.3. The second-order valence-electron chi connectivity index (χ2n) is 21.3. The lowest BCUT2D eigenvalue weighted by atomic mass is 9.28. The average molecular weight is 967 g/mol. The molecule has 0 aromatic heterocycles. The van der Waals surface area contributed by atoms with Crippen molar-refractivity contribution >= 4 is 138 Å². The zero-order valence-corrected chi connectivity index (χ0v) is 42.6. The van der Waals surface area contributed by atoms with Crippen molar-refractivity contribution in [1.82, 2.24) is 0 Å². The van der Waals surface area contributed by atoms with Crippen molar-refractivity contribution in [3.8, 4) is 11.1 Å². The number of nitrogens with zero attached hydrogens (tertiary/aromatic N) is 4. The maximum absolute atomic E-state index is 2.67. The van der Waals surface area contributed by atoms with Crippen LogP contribution >= 0.6 is 0 Å². The monoisotopic (exact) mass is 966 g/mol. The molecule has 0 atom stereocenters. The maximum atomic E-state index is 2.67. The lowest BCUT2D eigenvalue weighted by molar-refractivity contribution is 1.22. The Hall–Kier alpha value is -9.19. The Kier molecular flexibility index (Phi) is 9.33. The van der Waals surface area contributed by atoms with Gasteiger partial charge < -0.3 is 19.6 Å². The first-order valence-corrected chi connectivity index (χ1v) is 26.8. The van der Waals surface area contributed by atoms with Gasteiger partial charge in [0.05, 0.1) is 0 Å². The van der Waals surface area contributed by atoms with Crippen LogP contribution in [0.15, 0.2) is 243 Å². The van der Waals surface area contributed by atoms with Gasteiger partial charge in [0.25, 0.3) is 13.4 Å². The molecule has 5 heterocycles. The van der Waals surface area contributed by atoms with Gasteiger partial charge in [-0.15, -0.1) is 0 Å². The molecule has 16 rings (SSSR count). The summed E-state index contributed by atoms with van der Waals surface area (Å²) in [5, 5.41) is 0. The molecule has 5 aliphatic rings. The fourth-order valence-corrected chi connectivity index (χ4v) is 14.3. The molecule has 0 N–H and O–H groups in total. The number of hydrogen-bond acceptors (Lipinski definition) is 4.